The van der Waals surface area contributed by atoms with Gasteiger partial charge in [-0.05, 0) is 42.2 Å². The average Bonchev–Trinajstić information content (AvgIpc) is 2.64. The normalized spacial score (nSPS) is 10.5. The van der Waals surface area contributed by atoms with E-state index in [0.717, 1.165) is 31.0 Å². The Hall–Kier alpha value is -2.07. The minimum Gasteiger partial charge on any atom is -0.357 e. The topological polar surface area (TPSA) is 60.2 Å². The van der Waals surface area contributed by atoms with Crippen LogP contribution in [0.15, 0.2) is 53.5 Å². The van der Waals surface area contributed by atoms with Gasteiger partial charge in [0.1, 0.15) is 0 Å². The Kier molecular flexibility index (Phi) is 9.63. The van der Waals surface area contributed by atoms with Crippen LogP contribution >= 0.6 is 24.0 Å². The molecule has 0 amide bonds. The van der Waals surface area contributed by atoms with E-state index >= 15 is 0 Å². The summed E-state index contributed by atoms with van der Waals surface area (Å²) in [6.45, 7) is 6.31. The number of nitriles is 1. The first-order valence-corrected chi connectivity index (χ1v) is 8.34. The minimum absolute atomic E-state index is 0. The van der Waals surface area contributed by atoms with E-state index in [4.69, 9.17) is 5.26 Å². The molecule has 2 aromatic carbocycles. The Morgan fingerprint density at radius 3 is 2.48 bits per heavy atom. The summed E-state index contributed by atoms with van der Waals surface area (Å²) in [6.07, 6.45) is 1.02. The third-order valence-corrected chi connectivity index (χ3v) is 3.77. The van der Waals surface area contributed by atoms with E-state index in [1.807, 2.05) is 25.1 Å². The first-order valence-electron chi connectivity index (χ1n) is 8.34. The molecule has 0 heterocycles. The highest BCUT2D eigenvalue weighted by Gasteiger charge is 2.02. The summed E-state index contributed by atoms with van der Waals surface area (Å²) in [5.41, 5.74) is 4.33. The predicted octanol–water partition coefficient (Wildman–Crippen LogP) is 3.99. The quantitative estimate of drug-likeness (QED) is 0.399. The zero-order valence-corrected chi connectivity index (χ0v) is 17.1. The van der Waals surface area contributed by atoms with Crippen LogP contribution < -0.4 is 10.6 Å². The Morgan fingerprint density at radius 2 is 1.80 bits per heavy atom. The van der Waals surface area contributed by atoms with Gasteiger partial charge < -0.3 is 10.6 Å². The van der Waals surface area contributed by atoms with E-state index in [9.17, 15) is 0 Å². The van der Waals surface area contributed by atoms with Crippen molar-refractivity contribution in [2.75, 3.05) is 6.54 Å². The molecular formula is C20H25IN4. The molecule has 0 aliphatic heterocycles. The van der Waals surface area contributed by atoms with Crippen molar-refractivity contribution >= 4 is 29.9 Å². The molecule has 5 heteroatoms. The lowest BCUT2D eigenvalue weighted by atomic mass is 10.1. The standard InChI is InChI=1S/C20H24N4.HI/c1-3-18-10-5-6-11-19(18)15-24-20(22-4-2)23-14-17-9-7-8-16(12-17)13-21;/h5-12H,3-4,14-15H2,1-2H3,(H2,22,23,24);1H. The lowest BCUT2D eigenvalue weighted by molar-refractivity contribution is 0.809. The number of aliphatic imine (C=N–C) groups is 1. The van der Waals surface area contributed by atoms with Crippen LogP contribution in [0, 0.1) is 11.3 Å². The second-order valence-electron chi connectivity index (χ2n) is 5.48. The van der Waals surface area contributed by atoms with Gasteiger partial charge in [0.15, 0.2) is 5.96 Å². The number of rotatable bonds is 6. The molecule has 0 unspecified atom stereocenters. The van der Waals surface area contributed by atoms with Gasteiger partial charge in [0.2, 0.25) is 0 Å². The summed E-state index contributed by atoms with van der Waals surface area (Å²) < 4.78 is 0. The summed E-state index contributed by atoms with van der Waals surface area (Å²) in [4.78, 5) is 4.61. The fourth-order valence-corrected chi connectivity index (χ4v) is 2.51. The molecule has 25 heavy (non-hydrogen) atoms. The zero-order valence-electron chi connectivity index (χ0n) is 14.7. The zero-order chi connectivity index (χ0) is 17.2. The van der Waals surface area contributed by atoms with Crippen molar-refractivity contribution in [2.24, 2.45) is 4.99 Å². The third-order valence-electron chi connectivity index (χ3n) is 3.77. The summed E-state index contributed by atoms with van der Waals surface area (Å²) >= 11 is 0. The molecule has 0 aliphatic rings. The molecule has 4 nitrogen and oxygen atoms in total. The number of hydrogen-bond donors (Lipinski definition) is 2. The van der Waals surface area contributed by atoms with Crippen molar-refractivity contribution in [1.29, 1.82) is 5.26 Å². The molecule has 0 saturated heterocycles. The fraction of sp³-hybridized carbons (Fsp3) is 0.300. The summed E-state index contributed by atoms with van der Waals surface area (Å²) in [5.74, 6) is 0.783. The van der Waals surface area contributed by atoms with Crippen molar-refractivity contribution in [1.82, 2.24) is 10.6 Å². The monoisotopic (exact) mass is 448 g/mol. The summed E-state index contributed by atoms with van der Waals surface area (Å²) in [7, 11) is 0. The Morgan fingerprint density at radius 1 is 1.04 bits per heavy atom. The molecule has 0 aliphatic carbocycles. The fourth-order valence-electron chi connectivity index (χ4n) is 2.51. The number of guanidine groups is 1. The Bertz CT molecular complexity index is 734. The van der Waals surface area contributed by atoms with Crippen LogP contribution in [0.3, 0.4) is 0 Å². The molecule has 2 aromatic rings. The van der Waals surface area contributed by atoms with E-state index in [0.29, 0.717) is 12.1 Å². The van der Waals surface area contributed by atoms with Gasteiger partial charge in [-0.15, -0.1) is 24.0 Å². The molecule has 0 saturated carbocycles. The Balaban J connectivity index is 0.00000312. The molecule has 0 radical (unpaired) electrons. The molecule has 0 aromatic heterocycles. The highest BCUT2D eigenvalue weighted by molar-refractivity contribution is 14.0. The van der Waals surface area contributed by atoms with E-state index in [-0.39, 0.29) is 24.0 Å². The van der Waals surface area contributed by atoms with Crippen molar-refractivity contribution in [3.63, 3.8) is 0 Å². The van der Waals surface area contributed by atoms with Crippen molar-refractivity contribution in [3.05, 3.63) is 70.8 Å². The van der Waals surface area contributed by atoms with E-state index < -0.39 is 0 Å². The first kappa shape index (κ1) is 21.0. The van der Waals surface area contributed by atoms with E-state index in [1.54, 1.807) is 6.07 Å². The number of halogens is 1. The van der Waals surface area contributed by atoms with Crippen LogP contribution in [-0.2, 0) is 19.5 Å². The van der Waals surface area contributed by atoms with Crippen LogP contribution in [0.25, 0.3) is 0 Å². The number of nitrogens with one attached hydrogen (secondary N) is 2. The van der Waals surface area contributed by atoms with E-state index in [2.05, 4.69) is 52.9 Å². The maximum atomic E-state index is 8.97. The number of hydrogen-bond acceptors (Lipinski definition) is 2. The lowest BCUT2D eigenvalue weighted by Gasteiger charge is -2.13. The number of nitrogens with zero attached hydrogens (tertiary/aromatic N) is 2. The van der Waals surface area contributed by atoms with E-state index in [1.165, 1.54) is 11.1 Å². The van der Waals surface area contributed by atoms with Gasteiger partial charge in [0, 0.05) is 13.1 Å². The second-order valence-corrected chi connectivity index (χ2v) is 5.48. The van der Waals surface area contributed by atoms with Gasteiger partial charge >= 0.3 is 0 Å². The Labute approximate surface area is 167 Å². The maximum absolute atomic E-state index is 8.97. The van der Waals surface area contributed by atoms with Gasteiger partial charge in [-0.3, -0.25) is 0 Å². The van der Waals surface area contributed by atoms with Gasteiger partial charge in [0.05, 0.1) is 18.2 Å². The minimum atomic E-state index is 0. The molecular weight excluding hydrogens is 423 g/mol. The molecule has 0 fully saturated rings. The predicted molar refractivity (Wildman–Crippen MR) is 114 cm³/mol. The highest BCUT2D eigenvalue weighted by atomic mass is 127. The second kappa shape index (κ2) is 11.5. The van der Waals surface area contributed by atoms with Crippen molar-refractivity contribution < 1.29 is 0 Å². The third kappa shape index (κ3) is 6.75. The SMILES string of the molecule is CCNC(=NCc1cccc(C#N)c1)NCc1ccccc1CC.I. The average molecular weight is 448 g/mol. The number of aryl methyl sites for hydroxylation is 1. The molecule has 0 atom stereocenters. The van der Waals surface area contributed by atoms with Crippen LogP contribution in [0.5, 0.6) is 0 Å². The van der Waals surface area contributed by atoms with Gasteiger partial charge in [-0.2, -0.15) is 5.26 Å². The molecule has 2 rings (SSSR count). The molecule has 2 N–H and O–H groups in total. The van der Waals surface area contributed by atoms with Crippen molar-refractivity contribution in [3.8, 4) is 6.07 Å². The number of benzene rings is 2. The molecule has 0 spiro atoms. The largest absolute Gasteiger partial charge is 0.357 e. The first-order chi connectivity index (χ1) is 11.8. The van der Waals surface area contributed by atoms with Crippen LogP contribution in [0.1, 0.15) is 36.1 Å². The van der Waals surface area contributed by atoms with Gasteiger partial charge in [-0.1, -0.05) is 43.3 Å². The smallest absolute Gasteiger partial charge is 0.191 e. The van der Waals surface area contributed by atoms with Crippen LogP contribution in [-0.4, -0.2) is 12.5 Å². The summed E-state index contributed by atoms with van der Waals surface area (Å²) in [6, 6.07) is 18.2. The highest BCUT2D eigenvalue weighted by Crippen LogP contribution is 2.09. The van der Waals surface area contributed by atoms with Crippen LogP contribution in [0.2, 0.25) is 0 Å². The molecule has 132 valence electrons. The van der Waals surface area contributed by atoms with Crippen LogP contribution in [0.4, 0.5) is 0 Å². The summed E-state index contributed by atoms with van der Waals surface area (Å²) in [5, 5.41) is 15.6. The lowest BCUT2D eigenvalue weighted by Crippen LogP contribution is -2.37. The van der Waals surface area contributed by atoms with Crippen molar-refractivity contribution in [2.45, 2.75) is 33.4 Å². The molecule has 0 bridgehead atoms. The maximum Gasteiger partial charge on any atom is 0.191 e. The van der Waals surface area contributed by atoms with Gasteiger partial charge in [0.25, 0.3) is 0 Å². The van der Waals surface area contributed by atoms with Gasteiger partial charge in [-0.25, -0.2) is 4.99 Å².